The van der Waals surface area contributed by atoms with Gasteiger partial charge in [0, 0.05) is 45.3 Å². The van der Waals surface area contributed by atoms with Crippen LogP contribution in [-0.2, 0) is 4.79 Å². The molecule has 0 saturated carbocycles. The average molecular weight is 444 g/mol. The summed E-state index contributed by atoms with van der Waals surface area (Å²) in [5.74, 6) is -0.348. The molecule has 1 aliphatic rings. The van der Waals surface area contributed by atoms with Gasteiger partial charge in [0.1, 0.15) is 10.7 Å². The van der Waals surface area contributed by atoms with E-state index in [-0.39, 0.29) is 18.4 Å². The van der Waals surface area contributed by atoms with Crippen LogP contribution in [0.2, 0.25) is 0 Å². The number of hydrogen-bond acceptors (Lipinski definition) is 6. The first-order valence-corrected chi connectivity index (χ1v) is 12.0. The second kappa shape index (κ2) is 11.8. The second-order valence-electron chi connectivity index (χ2n) is 7.83. The highest BCUT2D eigenvalue weighted by molar-refractivity contribution is 7.18. The van der Waals surface area contributed by atoms with Crippen molar-refractivity contribution in [2.24, 2.45) is 0 Å². The average Bonchev–Trinajstić information content (AvgIpc) is 3.27. The van der Waals surface area contributed by atoms with Gasteiger partial charge < -0.3 is 20.4 Å². The lowest BCUT2D eigenvalue weighted by Gasteiger charge is -2.27. The van der Waals surface area contributed by atoms with Crippen LogP contribution in [-0.4, -0.2) is 68.0 Å². The molecule has 2 N–H and O–H groups in total. The largest absolute Gasteiger partial charge is 0.365 e. The quantitative estimate of drug-likeness (QED) is 0.552. The molecule has 1 fully saturated rings. The van der Waals surface area contributed by atoms with E-state index in [0.717, 1.165) is 42.3 Å². The molecule has 2 heterocycles. The number of piperazine rings is 1. The predicted octanol–water partition coefficient (Wildman–Crippen LogP) is 2.99. The Bertz CT molecular complexity index is 849. The zero-order valence-electron chi connectivity index (χ0n) is 18.5. The van der Waals surface area contributed by atoms with Gasteiger partial charge in [-0.05, 0) is 6.42 Å². The first-order chi connectivity index (χ1) is 15.1. The van der Waals surface area contributed by atoms with E-state index in [1.54, 1.807) is 4.90 Å². The van der Waals surface area contributed by atoms with Gasteiger partial charge in [-0.25, -0.2) is 4.98 Å². The molecule has 0 radical (unpaired) electrons. The van der Waals surface area contributed by atoms with Crippen LogP contribution in [0.1, 0.15) is 42.4 Å². The number of thiazole rings is 1. The van der Waals surface area contributed by atoms with E-state index in [1.165, 1.54) is 30.6 Å². The number of carbonyl (C=O) groups is 2. The molecule has 0 unspecified atom stereocenters. The monoisotopic (exact) mass is 443 g/mol. The van der Waals surface area contributed by atoms with Crippen LogP contribution in [0.4, 0.5) is 5.00 Å². The number of aromatic nitrogens is 1. The minimum absolute atomic E-state index is 0.00126. The Morgan fingerprint density at radius 2 is 1.90 bits per heavy atom. The summed E-state index contributed by atoms with van der Waals surface area (Å²) in [5, 5.41) is 7.37. The van der Waals surface area contributed by atoms with Crippen LogP contribution in [0.5, 0.6) is 0 Å². The Balaban J connectivity index is 1.70. The van der Waals surface area contributed by atoms with Crippen molar-refractivity contribution in [3.05, 3.63) is 35.3 Å². The standard InChI is InChI=1S/C23H33N5O2S/c1-3-4-5-9-14-27(2)23-20(18-10-7-6-8-11-18)26-22(31-23)21(30)25-17-19(29)28-15-12-24-13-16-28/h6-8,10-11,24H,3-5,9,12-17H2,1-2H3,(H,25,30). The molecule has 3 rings (SSSR count). The van der Waals surface area contributed by atoms with E-state index < -0.39 is 0 Å². The number of nitrogens with one attached hydrogen (secondary N) is 2. The molecule has 2 aromatic rings. The van der Waals surface area contributed by atoms with Crippen molar-refractivity contribution in [2.45, 2.75) is 32.6 Å². The summed E-state index contributed by atoms with van der Waals surface area (Å²) in [6.45, 7) is 6.07. The third kappa shape index (κ3) is 6.51. The molecule has 1 aromatic carbocycles. The van der Waals surface area contributed by atoms with Crippen molar-refractivity contribution in [3.63, 3.8) is 0 Å². The van der Waals surface area contributed by atoms with Gasteiger partial charge in [0.2, 0.25) is 5.91 Å². The van der Waals surface area contributed by atoms with Crippen molar-refractivity contribution in [1.29, 1.82) is 0 Å². The summed E-state index contributed by atoms with van der Waals surface area (Å²) in [4.78, 5) is 33.8. The molecule has 0 spiro atoms. The van der Waals surface area contributed by atoms with Gasteiger partial charge in [0.25, 0.3) is 5.91 Å². The van der Waals surface area contributed by atoms with Gasteiger partial charge in [-0.2, -0.15) is 0 Å². The van der Waals surface area contributed by atoms with Crippen LogP contribution >= 0.6 is 11.3 Å². The lowest BCUT2D eigenvalue weighted by molar-refractivity contribution is -0.130. The zero-order chi connectivity index (χ0) is 22.1. The van der Waals surface area contributed by atoms with Gasteiger partial charge in [0.15, 0.2) is 5.01 Å². The van der Waals surface area contributed by atoms with E-state index in [4.69, 9.17) is 0 Å². The number of amides is 2. The summed E-state index contributed by atoms with van der Waals surface area (Å²) in [5.41, 5.74) is 1.81. The first-order valence-electron chi connectivity index (χ1n) is 11.1. The molecule has 8 heteroatoms. The van der Waals surface area contributed by atoms with Crippen LogP contribution in [0.25, 0.3) is 11.3 Å². The number of anilines is 1. The summed E-state index contributed by atoms with van der Waals surface area (Å²) in [6.07, 6.45) is 4.74. The Kier molecular flexibility index (Phi) is 8.85. The summed E-state index contributed by atoms with van der Waals surface area (Å²) >= 11 is 1.39. The zero-order valence-corrected chi connectivity index (χ0v) is 19.3. The van der Waals surface area contributed by atoms with E-state index >= 15 is 0 Å². The summed E-state index contributed by atoms with van der Waals surface area (Å²) < 4.78 is 0. The maximum Gasteiger partial charge on any atom is 0.280 e. The van der Waals surface area contributed by atoms with Crippen LogP contribution < -0.4 is 15.5 Å². The predicted molar refractivity (Wildman–Crippen MR) is 127 cm³/mol. The smallest absolute Gasteiger partial charge is 0.280 e. The number of benzene rings is 1. The van der Waals surface area contributed by atoms with Crippen molar-refractivity contribution < 1.29 is 9.59 Å². The highest BCUT2D eigenvalue weighted by Crippen LogP contribution is 2.35. The Labute approximate surface area is 188 Å². The van der Waals surface area contributed by atoms with E-state index in [1.807, 2.05) is 30.3 Å². The van der Waals surface area contributed by atoms with E-state index in [9.17, 15) is 9.59 Å². The third-order valence-corrected chi connectivity index (χ3v) is 6.58. The van der Waals surface area contributed by atoms with Crippen molar-refractivity contribution in [1.82, 2.24) is 20.5 Å². The van der Waals surface area contributed by atoms with Crippen LogP contribution in [0, 0.1) is 0 Å². The fraction of sp³-hybridized carbons (Fsp3) is 0.522. The SMILES string of the molecule is CCCCCCN(C)c1sc(C(=O)NCC(=O)N2CCNCC2)nc1-c1ccccc1. The van der Waals surface area contributed by atoms with Gasteiger partial charge >= 0.3 is 0 Å². The van der Waals surface area contributed by atoms with Crippen LogP contribution in [0.15, 0.2) is 30.3 Å². The maximum absolute atomic E-state index is 12.8. The Morgan fingerprint density at radius 3 is 2.61 bits per heavy atom. The minimum atomic E-state index is -0.295. The Hall–Kier alpha value is -2.45. The molecule has 0 aliphatic carbocycles. The van der Waals surface area contributed by atoms with Crippen molar-refractivity contribution in [3.8, 4) is 11.3 Å². The summed E-state index contributed by atoms with van der Waals surface area (Å²) in [6, 6.07) is 9.95. The normalized spacial score (nSPS) is 13.8. The van der Waals surface area contributed by atoms with E-state index in [2.05, 4.69) is 34.5 Å². The summed E-state index contributed by atoms with van der Waals surface area (Å²) in [7, 11) is 2.06. The molecule has 0 atom stereocenters. The van der Waals surface area contributed by atoms with Gasteiger partial charge in [-0.3, -0.25) is 9.59 Å². The lowest BCUT2D eigenvalue weighted by Crippen LogP contribution is -2.49. The molecule has 31 heavy (non-hydrogen) atoms. The molecular formula is C23H33N5O2S. The molecule has 2 amide bonds. The maximum atomic E-state index is 12.8. The first kappa shape index (κ1) is 23.2. The number of unbranched alkanes of at least 4 members (excludes halogenated alkanes) is 3. The molecule has 7 nitrogen and oxygen atoms in total. The van der Waals surface area contributed by atoms with Gasteiger partial charge in [-0.15, -0.1) is 0 Å². The fourth-order valence-electron chi connectivity index (χ4n) is 3.59. The lowest BCUT2D eigenvalue weighted by atomic mass is 10.1. The van der Waals surface area contributed by atoms with E-state index in [0.29, 0.717) is 18.1 Å². The minimum Gasteiger partial charge on any atom is -0.365 e. The molecule has 0 bridgehead atoms. The molecule has 168 valence electrons. The number of nitrogens with zero attached hydrogens (tertiary/aromatic N) is 3. The topological polar surface area (TPSA) is 77.6 Å². The van der Waals surface area contributed by atoms with Crippen molar-refractivity contribution >= 4 is 28.2 Å². The number of carbonyl (C=O) groups excluding carboxylic acids is 2. The van der Waals surface area contributed by atoms with Crippen molar-refractivity contribution in [2.75, 3.05) is 51.2 Å². The second-order valence-corrected chi connectivity index (χ2v) is 8.81. The number of rotatable bonds is 10. The fourth-order valence-corrected chi connectivity index (χ4v) is 4.58. The molecule has 1 aliphatic heterocycles. The molecular weight excluding hydrogens is 410 g/mol. The third-order valence-electron chi connectivity index (χ3n) is 5.41. The van der Waals surface area contributed by atoms with Crippen LogP contribution in [0.3, 0.4) is 0 Å². The highest BCUT2D eigenvalue weighted by atomic mass is 32.1. The molecule has 1 saturated heterocycles. The molecule has 1 aromatic heterocycles. The number of hydrogen-bond donors (Lipinski definition) is 2. The highest BCUT2D eigenvalue weighted by Gasteiger charge is 2.22. The van der Waals surface area contributed by atoms with Gasteiger partial charge in [-0.1, -0.05) is 67.9 Å². The van der Waals surface area contributed by atoms with Gasteiger partial charge in [0.05, 0.1) is 6.54 Å². The Morgan fingerprint density at radius 1 is 1.16 bits per heavy atom.